The van der Waals surface area contributed by atoms with Crippen molar-refractivity contribution in [2.45, 2.75) is 13.5 Å². The molecule has 7 heteroatoms. The highest BCUT2D eigenvalue weighted by atomic mass is 16.6. The molecule has 7 nitrogen and oxygen atoms in total. The number of carbonyl (C=O) groups excluding carboxylic acids is 1. The predicted octanol–water partition coefficient (Wildman–Crippen LogP) is 1.17. The number of ether oxygens (including phenoxy) is 1. The van der Waals surface area contributed by atoms with Crippen molar-refractivity contribution in [3.63, 3.8) is 0 Å². The fourth-order valence-corrected chi connectivity index (χ4v) is 1.47. The summed E-state index contributed by atoms with van der Waals surface area (Å²) in [5.74, 6) is -0.142. The summed E-state index contributed by atoms with van der Waals surface area (Å²) in [5.41, 5.74) is 0.724. The fraction of sp³-hybridized carbons (Fsp3) is 0.462. The molecule has 0 saturated carbocycles. The van der Waals surface area contributed by atoms with E-state index in [-0.39, 0.29) is 24.0 Å². The smallest absolute Gasteiger partial charge is 0.310 e. The number of rotatable bonds is 7. The van der Waals surface area contributed by atoms with Crippen LogP contribution in [0.5, 0.6) is 5.75 Å². The van der Waals surface area contributed by atoms with Crippen molar-refractivity contribution in [1.82, 2.24) is 10.2 Å². The van der Waals surface area contributed by atoms with E-state index in [2.05, 4.69) is 5.32 Å². The topological polar surface area (TPSA) is 84.7 Å². The van der Waals surface area contributed by atoms with Crippen LogP contribution >= 0.6 is 0 Å². The first-order valence-electron chi connectivity index (χ1n) is 6.26. The third-order valence-electron chi connectivity index (χ3n) is 2.65. The third-order valence-corrected chi connectivity index (χ3v) is 2.65. The zero-order valence-corrected chi connectivity index (χ0v) is 11.9. The molecule has 0 aliphatic carbocycles. The Labute approximate surface area is 117 Å². The first-order valence-corrected chi connectivity index (χ1v) is 6.26. The molecule has 0 fully saturated rings. The molecule has 1 aromatic carbocycles. The Balaban J connectivity index is 2.88. The van der Waals surface area contributed by atoms with E-state index < -0.39 is 4.92 Å². The summed E-state index contributed by atoms with van der Waals surface area (Å²) < 4.78 is 5.28. The van der Waals surface area contributed by atoms with Crippen LogP contribution < -0.4 is 10.1 Å². The summed E-state index contributed by atoms with van der Waals surface area (Å²) >= 11 is 0. The first kappa shape index (κ1) is 15.9. The van der Waals surface area contributed by atoms with Crippen LogP contribution in [0, 0.1) is 10.1 Å². The average molecular weight is 281 g/mol. The molecule has 0 atom stereocenters. The number of likely N-dealkylation sites (N-methyl/N-ethyl adjacent to an activating group) is 1. The number of amides is 1. The van der Waals surface area contributed by atoms with Crippen LogP contribution in [0.25, 0.3) is 0 Å². The van der Waals surface area contributed by atoms with E-state index in [1.54, 1.807) is 26.2 Å². The lowest BCUT2D eigenvalue weighted by Gasteiger charge is -2.12. The molecular formula is C13H19N3O4. The second kappa shape index (κ2) is 7.44. The lowest BCUT2D eigenvalue weighted by molar-refractivity contribution is -0.385. The van der Waals surface area contributed by atoms with E-state index in [0.717, 1.165) is 12.1 Å². The number of hydrogen-bond donors (Lipinski definition) is 1. The molecule has 1 rings (SSSR count). The van der Waals surface area contributed by atoms with Gasteiger partial charge in [-0.05, 0) is 18.2 Å². The Morgan fingerprint density at radius 3 is 2.70 bits per heavy atom. The van der Waals surface area contributed by atoms with E-state index in [4.69, 9.17) is 4.74 Å². The number of nitro benzene ring substituents is 1. The molecular weight excluding hydrogens is 262 g/mol. The summed E-state index contributed by atoms with van der Waals surface area (Å²) in [6.07, 6.45) is 0. The zero-order chi connectivity index (χ0) is 15.1. The van der Waals surface area contributed by atoms with Crippen molar-refractivity contribution < 1.29 is 14.5 Å². The molecule has 110 valence electrons. The molecule has 20 heavy (non-hydrogen) atoms. The molecule has 0 saturated heterocycles. The highest BCUT2D eigenvalue weighted by Crippen LogP contribution is 2.28. The van der Waals surface area contributed by atoms with Gasteiger partial charge in [-0.2, -0.15) is 0 Å². The highest BCUT2D eigenvalue weighted by Gasteiger charge is 2.17. The minimum absolute atomic E-state index is 0.112. The van der Waals surface area contributed by atoms with Crippen molar-refractivity contribution in [1.29, 1.82) is 0 Å². The van der Waals surface area contributed by atoms with E-state index >= 15 is 0 Å². The Bertz CT molecular complexity index is 489. The summed E-state index contributed by atoms with van der Waals surface area (Å²) in [4.78, 5) is 23.3. The molecule has 0 heterocycles. The lowest BCUT2D eigenvalue weighted by atomic mass is 10.2. The maximum atomic E-state index is 11.5. The first-order chi connectivity index (χ1) is 9.45. The average Bonchev–Trinajstić information content (AvgIpc) is 2.42. The second-order valence-corrected chi connectivity index (χ2v) is 4.42. The molecule has 1 aromatic rings. The van der Waals surface area contributed by atoms with Crippen molar-refractivity contribution in [2.75, 3.05) is 27.2 Å². The van der Waals surface area contributed by atoms with Crippen LogP contribution in [-0.2, 0) is 11.3 Å². The van der Waals surface area contributed by atoms with Crippen LogP contribution in [0.2, 0.25) is 0 Å². The van der Waals surface area contributed by atoms with Gasteiger partial charge in [0.05, 0.1) is 4.92 Å². The van der Waals surface area contributed by atoms with Gasteiger partial charge >= 0.3 is 5.69 Å². The number of nitrogens with one attached hydrogen (secondary N) is 1. The van der Waals surface area contributed by atoms with Gasteiger partial charge in [0, 0.05) is 26.7 Å². The molecule has 0 unspecified atom stereocenters. The van der Waals surface area contributed by atoms with Crippen LogP contribution in [0.4, 0.5) is 5.69 Å². The lowest BCUT2D eigenvalue weighted by Crippen LogP contribution is -2.27. The Kier molecular flexibility index (Phi) is 5.92. The number of hydrogen-bond acceptors (Lipinski definition) is 5. The van der Waals surface area contributed by atoms with Crippen LogP contribution in [-0.4, -0.2) is 43.0 Å². The van der Waals surface area contributed by atoms with Gasteiger partial charge in [-0.3, -0.25) is 14.9 Å². The minimum Gasteiger partial charge on any atom is -0.477 e. The maximum absolute atomic E-state index is 11.5. The van der Waals surface area contributed by atoms with Crippen LogP contribution in [0.15, 0.2) is 18.2 Å². The summed E-state index contributed by atoms with van der Waals surface area (Å²) in [7, 11) is 3.20. The molecule has 1 N–H and O–H groups in total. The Hall–Kier alpha value is -2.15. The standard InChI is InChI=1S/C13H19N3O4/c1-4-14-8-10-5-6-11(16(18)19)12(7-10)20-9-13(17)15(2)3/h5-7,14H,4,8-9H2,1-3H3. The Morgan fingerprint density at radius 1 is 1.45 bits per heavy atom. The largest absolute Gasteiger partial charge is 0.477 e. The maximum Gasteiger partial charge on any atom is 0.310 e. The SMILES string of the molecule is CCNCc1ccc([N+](=O)[O-])c(OCC(=O)N(C)C)c1. The summed E-state index contributed by atoms with van der Waals surface area (Å²) in [6.45, 7) is 3.13. The predicted molar refractivity (Wildman–Crippen MR) is 74.7 cm³/mol. The van der Waals surface area contributed by atoms with Crippen molar-refractivity contribution >= 4 is 11.6 Å². The quantitative estimate of drug-likeness (QED) is 0.599. The number of nitrogens with zero attached hydrogens (tertiary/aromatic N) is 2. The van der Waals surface area contributed by atoms with Crippen LogP contribution in [0.1, 0.15) is 12.5 Å². The molecule has 0 bridgehead atoms. The molecule has 0 aliphatic heterocycles. The number of nitro groups is 1. The molecule has 0 radical (unpaired) electrons. The van der Waals surface area contributed by atoms with Crippen molar-refractivity contribution in [2.24, 2.45) is 0 Å². The van der Waals surface area contributed by atoms with Gasteiger partial charge in [0.25, 0.3) is 5.91 Å². The van der Waals surface area contributed by atoms with Gasteiger partial charge in [0.1, 0.15) is 0 Å². The summed E-state index contributed by atoms with van der Waals surface area (Å²) in [5, 5.41) is 14.1. The molecule has 0 aromatic heterocycles. The van der Waals surface area contributed by atoms with Crippen molar-refractivity contribution in [3.8, 4) is 5.75 Å². The third kappa shape index (κ3) is 4.51. The van der Waals surface area contributed by atoms with Gasteiger partial charge < -0.3 is 15.0 Å². The number of carbonyl (C=O) groups is 1. The van der Waals surface area contributed by atoms with Gasteiger partial charge in [0.2, 0.25) is 0 Å². The van der Waals surface area contributed by atoms with Gasteiger partial charge in [0.15, 0.2) is 12.4 Å². The molecule has 0 aliphatic rings. The highest BCUT2D eigenvalue weighted by molar-refractivity contribution is 5.77. The minimum atomic E-state index is -0.521. The summed E-state index contributed by atoms with van der Waals surface area (Å²) in [6, 6.07) is 4.65. The van der Waals surface area contributed by atoms with Crippen molar-refractivity contribution in [3.05, 3.63) is 33.9 Å². The monoisotopic (exact) mass is 281 g/mol. The Morgan fingerprint density at radius 2 is 2.15 bits per heavy atom. The number of benzene rings is 1. The normalized spacial score (nSPS) is 10.2. The molecule has 1 amide bonds. The van der Waals surface area contributed by atoms with Gasteiger partial charge in [-0.25, -0.2) is 0 Å². The van der Waals surface area contributed by atoms with E-state index in [9.17, 15) is 14.9 Å². The second-order valence-electron chi connectivity index (χ2n) is 4.42. The van der Waals surface area contributed by atoms with E-state index in [1.165, 1.54) is 11.0 Å². The van der Waals surface area contributed by atoms with Gasteiger partial charge in [-0.15, -0.1) is 0 Å². The molecule has 0 spiro atoms. The van der Waals surface area contributed by atoms with Gasteiger partial charge in [-0.1, -0.05) is 13.0 Å². The van der Waals surface area contributed by atoms with Crippen LogP contribution in [0.3, 0.4) is 0 Å². The zero-order valence-electron chi connectivity index (χ0n) is 11.9. The van der Waals surface area contributed by atoms with E-state index in [1.807, 2.05) is 6.92 Å². The van der Waals surface area contributed by atoms with E-state index in [0.29, 0.717) is 6.54 Å². The fourth-order valence-electron chi connectivity index (χ4n) is 1.47.